The van der Waals surface area contributed by atoms with Gasteiger partial charge in [-0.25, -0.2) is 0 Å². The summed E-state index contributed by atoms with van der Waals surface area (Å²) in [5, 5.41) is 0. The maximum absolute atomic E-state index is 5.93. The van der Waals surface area contributed by atoms with Gasteiger partial charge in [0.05, 0.1) is 5.51 Å². The Hall–Kier alpha value is -0.410. The highest BCUT2D eigenvalue weighted by atomic mass is 32.1. The van der Waals surface area contributed by atoms with Gasteiger partial charge < -0.3 is 5.73 Å². The van der Waals surface area contributed by atoms with Crippen LogP contribution in [0.25, 0.3) is 0 Å². The largest absolute Gasteiger partial charge is 0.328 e. The van der Waals surface area contributed by atoms with Gasteiger partial charge in [0, 0.05) is 17.1 Å². The number of hydrogen-bond donors (Lipinski definition) is 1. The molecule has 2 rings (SSSR count). The molecule has 1 fully saturated rings. The van der Waals surface area contributed by atoms with E-state index in [1.54, 1.807) is 11.3 Å². The van der Waals surface area contributed by atoms with Gasteiger partial charge in [0.15, 0.2) is 0 Å². The fourth-order valence-electron chi connectivity index (χ4n) is 2.28. The normalized spacial score (nSPS) is 33.8. The Morgan fingerprint density at radius 1 is 1.77 bits per heavy atom. The number of hydrogen-bond acceptors (Lipinski definition) is 3. The molecule has 13 heavy (non-hydrogen) atoms. The number of thiazole rings is 1. The highest BCUT2D eigenvalue weighted by molar-refractivity contribution is 7.09. The van der Waals surface area contributed by atoms with Crippen molar-refractivity contribution < 1.29 is 0 Å². The van der Waals surface area contributed by atoms with Crippen molar-refractivity contribution in [3.05, 3.63) is 16.6 Å². The van der Waals surface area contributed by atoms with Crippen molar-refractivity contribution in [2.75, 3.05) is 0 Å². The number of rotatable bonds is 2. The van der Waals surface area contributed by atoms with E-state index in [2.05, 4.69) is 11.9 Å². The van der Waals surface area contributed by atoms with Crippen molar-refractivity contribution >= 4 is 11.3 Å². The smallest absolute Gasteiger partial charge is 0.0794 e. The van der Waals surface area contributed by atoms with E-state index in [-0.39, 0.29) is 0 Å². The Labute approximate surface area is 83.2 Å². The molecule has 0 aliphatic heterocycles. The molecule has 1 aromatic rings. The number of nitrogens with zero attached hydrogens (tertiary/aromatic N) is 1. The SMILES string of the molecule is CC1(Cc2cncs2)CCC(N)C1. The summed E-state index contributed by atoms with van der Waals surface area (Å²) in [5.41, 5.74) is 8.27. The second-order valence-corrected chi connectivity index (χ2v) is 5.43. The molecule has 72 valence electrons. The second-order valence-electron chi connectivity index (χ2n) is 4.46. The zero-order chi connectivity index (χ0) is 9.31. The van der Waals surface area contributed by atoms with E-state index >= 15 is 0 Å². The minimum atomic E-state index is 0.429. The first kappa shape index (κ1) is 9.16. The van der Waals surface area contributed by atoms with Crippen LogP contribution in [0.5, 0.6) is 0 Å². The molecule has 1 aliphatic rings. The molecule has 2 N–H and O–H groups in total. The van der Waals surface area contributed by atoms with Crippen LogP contribution in [0.4, 0.5) is 0 Å². The summed E-state index contributed by atoms with van der Waals surface area (Å²) >= 11 is 1.76. The summed E-state index contributed by atoms with van der Waals surface area (Å²) in [6.45, 7) is 2.35. The van der Waals surface area contributed by atoms with Gasteiger partial charge in [0.1, 0.15) is 0 Å². The van der Waals surface area contributed by atoms with E-state index < -0.39 is 0 Å². The predicted octanol–water partition coefficient (Wildman–Crippen LogP) is 2.20. The first-order valence-corrected chi connectivity index (χ1v) is 5.69. The molecule has 3 heteroatoms. The van der Waals surface area contributed by atoms with Crippen molar-refractivity contribution in [2.45, 2.75) is 38.6 Å². The van der Waals surface area contributed by atoms with Crippen LogP contribution < -0.4 is 5.73 Å². The van der Waals surface area contributed by atoms with Crippen molar-refractivity contribution in [1.82, 2.24) is 4.98 Å². The average Bonchev–Trinajstić information content (AvgIpc) is 2.62. The molecule has 2 unspecified atom stereocenters. The molecule has 0 aromatic carbocycles. The fraction of sp³-hybridized carbons (Fsp3) is 0.700. The molecule has 2 atom stereocenters. The lowest BCUT2D eigenvalue weighted by molar-refractivity contribution is 0.332. The van der Waals surface area contributed by atoms with Gasteiger partial charge in [0.25, 0.3) is 0 Å². The summed E-state index contributed by atoms with van der Waals surface area (Å²) in [6, 6.07) is 0.429. The number of aromatic nitrogens is 1. The van der Waals surface area contributed by atoms with Crippen molar-refractivity contribution in [3.63, 3.8) is 0 Å². The highest BCUT2D eigenvalue weighted by Gasteiger charge is 2.33. The molecule has 0 saturated heterocycles. The van der Waals surface area contributed by atoms with Gasteiger partial charge in [0.2, 0.25) is 0 Å². The quantitative estimate of drug-likeness (QED) is 0.787. The Balaban J connectivity index is 2.01. The highest BCUT2D eigenvalue weighted by Crippen LogP contribution is 2.40. The van der Waals surface area contributed by atoms with Gasteiger partial charge in [-0.2, -0.15) is 0 Å². The van der Waals surface area contributed by atoms with Crippen LogP contribution in [0, 0.1) is 5.41 Å². The molecule has 1 heterocycles. The molecule has 2 nitrogen and oxygen atoms in total. The lowest BCUT2D eigenvalue weighted by Crippen LogP contribution is -2.20. The monoisotopic (exact) mass is 196 g/mol. The summed E-state index contributed by atoms with van der Waals surface area (Å²) in [5.74, 6) is 0. The Bertz CT molecular complexity index is 270. The van der Waals surface area contributed by atoms with E-state index in [0.29, 0.717) is 11.5 Å². The Morgan fingerprint density at radius 3 is 3.15 bits per heavy atom. The van der Waals surface area contributed by atoms with Crippen LogP contribution in [0.2, 0.25) is 0 Å². The Kier molecular flexibility index (Phi) is 2.39. The third-order valence-corrected chi connectivity index (χ3v) is 3.74. The zero-order valence-electron chi connectivity index (χ0n) is 7.99. The number of nitrogens with two attached hydrogens (primary N) is 1. The van der Waals surface area contributed by atoms with E-state index in [9.17, 15) is 0 Å². The summed E-state index contributed by atoms with van der Waals surface area (Å²) < 4.78 is 0. The molecule has 1 aromatic heterocycles. The van der Waals surface area contributed by atoms with Crippen molar-refractivity contribution in [1.29, 1.82) is 0 Å². The van der Waals surface area contributed by atoms with Crippen molar-refractivity contribution in [3.8, 4) is 0 Å². The molecule has 0 radical (unpaired) electrons. The summed E-state index contributed by atoms with van der Waals surface area (Å²) in [6.07, 6.45) is 6.78. The zero-order valence-corrected chi connectivity index (χ0v) is 8.81. The van der Waals surface area contributed by atoms with Crippen LogP contribution in [-0.4, -0.2) is 11.0 Å². The van der Waals surface area contributed by atoms with E-state index in [4.69, 9.17) is 5.73 Å². The Morgan fingerprint density at radius 2 is 2.62 bits per heavy atom. The minimum Gasteiger partial charge on any atom is -0.328 e. The third-order valence-electron chi connectivity index (χ3n) is 2.96. The fourth-order valence-corrected chi connectivity index (χ4v) is 3.09. The maximum Gasteiger partial charge on any atom is 0.0794 e. The molecule has 1 aliphatic carbocycles. The first-order chi connectivity index (χ1) is 6.18. The van der Waals surface area contributed by atoms with Crippen LogP contribution in [0.15, 0.2) is 11.7 Å². The second kappa shape index (κ2) is 3.39. The van der Waals surface area contributed by atoms with Gasteiger partial charge in [-0.05, 0) is 31.1 Å². The lowest BCUT2D eigenvalue weighted by Gasteiger charge is -2.22. The van der Waals surface area contributed by atoms with Crippen LogP contribution in [0.1, 0.15) is 31.1 Å². The van der Waals surface area contributed by atoms with E-state index in [1.165, 1.54) is 24.1 Å². The molecular weight excluding hydrogens is 180 g/mol. The van der Waals surface area contributed by atoms with Gasteiger partial charge in [-0.1, -0.05) is 6.92 Å². The van der Waals surface area contributed by atoms with Crippen LogP contribution in [0.3, 0.4) is 0 Å². The molecular formula is C10H16N2S. The topological polar surface area (TPSA) is 38.9 Å². The first-order valence-electron chi connectivity index (χ1n) is 4.81. The van der Waals surface area contributed by atoms with Crippen LogP contribution >= 0.6 is 11.3 Å². The maximum atomic E-state index is 5.93. The van der Waals surface area contributed by atoms with E-state index in [0.717, 1.165) is 6.42 Å². The predicted molar refractivity (Wildman–Crippen MR) is 55.8 cm³/mol. The summed E-state index contributed by atoms with van der Waals surface area (Å²) in [7, 11) is 0. The molecule has 0 bridgehead atoms. The van der Waals surface area contributed by atoms with Gasteiger partial charge in [-0.15, -0.1) is 11.3 Å². The molecule has 0 spiro atoms. The lowest BCUT2D eigenvalue weighted by atomic mass is 9.84. The molecule has 0 amide bonds. The minimum absolute atomic E-state index is 0.429. The third kappa shape index (κ3) is 2.09. The standard InChI is InChI=1S/C10H16N2S/c1-10(3-2-8(11)4-10)5-9-6-12-7-13-9/h6-8H,2-5,11H2,1H3. The van der Waals surface area contributed by atoms with E-state index in [1.807, 2.05) is 11.7 Å². The summed E-state index contributed by atoms with van der Waals surface area (Å²) in [4.78, 5) is 5.50. The van der Waals surface area contributed by atoms with Gasteiger partial charge >= 0.3 is 0 Å². The van der Waals surface area contributed by atoms with Crippen molar-refractivity contribution in [2.24, 2.45) is 11.1 Å². The van der Waals surface area contributed by atoms with Gasteiger partial charge in [-0.3, -0.25) is 4.98 Å². The van der Waals surface area contributed by atoms with Crippen LogP contribution in [-0.2, 0) is 6.42 Å². The molecule has 1 saturated carbocycles. The average molecular weight is 196 g/mol.